The number of halogens is 3. The smallest absolute Gasteiger partial charge is 0.320 e. The van der Waals surface area contributed by atoms with Gasteiger partial charge in [0.25, 0.3) is 0 Å². The highest BCUT2D eigenvalue weighted by molar-refractivity contribution is 7.11. The van der Waals surface area contributed by atoms with E-state index in [9.17, 15) is 18.0 Å². The molecule has 0 radical (unpaired) electrons. The van der Waals surface area contributed by atoms with Gasteiger partial charge in [-0.2, -0.15) is 13.2 Å². The number of urea groups is 1. The van der Waals surface area contributed by atoms with Crippen LogP contribution in [0.3, 0.4) is 0 Å². The molecule has 0 bridgehead atoms. The highest BCUT2D eigenvalue weighted by Crippen LogP contribution is 2.28. The van der Waals surface area contributed by atoms with E-state index >= 15 is 0 Å². The van der Waals surface area contributed by atoms with Crippen LogP contribution in [-0.4, -0.2) is 29.0 Å². The number of nitrogens with zero attached hydrogens (tertiary/aromatic N) is 2. The fourth-order valence-corrected chi connectivity index (χ4v) is 3.17. The zero-order valence-electron chi connectivity index (χ0n) is 12.5. The number of aromatic nitrogens is 1. The van der Waals surface area contributed by atoms with Crippen molar-refractivity contribution in [3.05, 3.63) is 52.5 Å². The summed E-state index contributed by atoms with van der Waals surface area (Å²) in [5.41, 5.74) is 0.466. The molecule has 1 N–H and O–H groups in total. The third-order valence-corrected chi connectivity index (χ3v) is 4.58. The van der Waals surface area contributed by atoms with E-state index in [1.165, 1.54) is 16.5 Å². The first-order valence-electron chi connectivity index (χ1n) is 7.25. The van der Waals surface area contributed by atoms with Gasteiger partial charge in [0.2, 0.25) is 0 Å². The number of carbonyl (C=O) groups excluding carboxylic acids is 1. The number of rotatable bonds is 2. The second kappa shape index (κ2) is 6.64. The van der Waals surface area contributed by atoms with Crippen molar-refractivity contribution in [2.24, 2.45) is 0 Å². The first kappa shape index (κ1) is 16.5. The molecule has 0 aliphatic carbocycles. The Kier molecular flexibility index (Phi) is 4.57. The molecule has 0 spiro atoms. The van der Waals surface area contributed by atoms with E-state index in [0.717, 1.165) is 18.7 Å². The predicted octanol–water partition coefficient (Wildman–Crippen LogP) is 4.48. The van der Waals surface area contributed by atoms with Crippen molar-refractivity contribution in [1.29, 1.82) is 0 Å². The van der Waals surface area contributed by atoms with E-state index in [4.69, 9.17) is 0 Å². The maximum atomic E-state index is 12.5. The average molecular weight is 353 g/mol. The summed E-state index contributed by atoms with van der Waals surface area (Å²) >= 11 is 1.66. The molecule has 0 unspecified atom stereocenters. The second-order valence-corrected chi connectivity index (χ2v) is 6.21. The van der Waals surface area contributed by atoms with Crippen molar-refractivity contribution in [1.82, 2.24) is 9.88 Å². The van der Waals surface area contributed by atoms with Gasteiger partial charge in [-0.25, -0.2) is 9.78 Å². The van der Waals surface area contributed by atoms with Crippen LogP contribution < -0.4 is 5.32 Å². The maximum absolute atomic E-state index is 12.5. The number of hydrogen-bond donors (Lipinski definition) is 1. The molecule has 2 aromatic heterocycles. The molecule has 2 amide bonds. The molecule has 0 fully saturated rings. The van der Waals surface area contributed by atoms with Crippen LogP contribution in [0.2, 0.25) is 0 Å². The Morgan fingerprint density at radius 1 is 1.29 bits per heavy atom. The van der Waals surface area contributed by atoms with Gasteiger partial charge >= 0.3 is 12.2 Å². The lowest BCUT2D eigenvalue weighted by Gasteiger charge is -2.26. The van der Waals surface area contributed by atoms with Crippen molar-refractivity contribution in [3.63, 3.8) is 0 Å². The van der Waals surface area contributed by atoms with Gasteiger partial charge in [0, 0.05) is 18.0 Å². The number of anilines is 1. The van der Waals surface area contributed by atoms with Crippen LogP contribution in [0.1, 0.15) is 17.0 Å². The van der Waals surface area contributed by atoms with Crippen LogP contribution in [0.5, 0.6) is 0 Å². The number of thiophene rings is 1. The summed E-state index contributed by atoms with van der Waals surface area (Å²) in [5, 5.41) is 4.58. The van der Waals surface area contributed by atoms with E-state index in [1.807, 2.05) is 23.6 Å². The van der Waals surface area contributed by atoms with E-state index in [2.05, 4.69) is 10.3 Å². The summed E-state index contributed by atoms with van der Waals surface area (Å²) in [6.45, 7) is 1.02. The highest BCUT2D eigenvalue weighted by Gasteiger charge is 2.32. The first-order chi connectivity index (χ1) is 11.4. The van der Waals surface area contributed by atoms with Crippen LogP contribution >= 0.6 is 11.3 Å². The minimum atomic E-state index is -4.49. The zero-order chi connectivity index (χ0) is 17.2. The lowest BCUT2D eigenvalue weighted by Crippen LogP contribution is -2.37. The number of pyridine rings is 1. The van der Waals surface area contributed by atoms with Gasteiger partial charge in [-0.1, -0.05) is 12.1 Å². The Bertz CT molecular complexity index is 739. The van der Waals surface area contributed by atoms with Gasteiger partial charge < -0.3 is 10.2 Å². The highest BCUT2D eigenvalue weighted by atomic mass is 32.1. The molecule has 0 saturated carbocycles. The van der Waals surface area contributed by atoms with E-state index < -0.39 is 11.9 Å². The summed E-state index contributed by atoms with van der Waals surface area (Å²) in [7, 11) is 0. The molecule has 24 heavy (non-hydrogen) atoms. The monoisotopic (exact) mass is 353 g/mol. The van der Waals surface area contributed by atoms with Crippen LogP contribution in [-0.2, 0) is 6.18 Å². The predicted molar refractivity (Wildman–Crippen MR) is 86.7 cm³/mol. The Hall–Kier alpha value is -2.35. The van der Waals surface area contributed by atoms with Crippen LogP contribution in [0.15, 0.2) is 41.9 Å². The van der Waals surface area contributed by atoms with Gasteiger partial charge in [0.15, 0.2) is 0 Å². The summed E-state index contributed by atoms with van der Waals surface area (Å²) in [6, 6.07) is 5.72. The minimum Gasteiger partial charge on any atom is -0.320 e. The third kappa shape index (κ3) is 3.76. The van der Waals surface area contributed by atoms with E-state index in [0.29, 0.717) is 13.1 Å². The van der Waals surface area contributed by atoms with Gasteiger partial charge in [0.05, 0.1) is 11.9 Å². The largest absolute Gasteiger partial charge is 0.433 e. The Labute approximate surface area is 140 Å². The molecule has 0 atom stereocenters. The average Bonchev–Trinajstić information content (AvgIpc) is 3.09. The Morgan fingerprint density at radius 3 is 2.67 bits per heavy atom. The van der Waals surface area contributed by atoms with Gasteiger partial charge in [-0.15, -0.1) is 11.3 Å². The van der Waals surface area contributed by atoms with Crippen molar-refractivity contribution >= 4 is 28.6 Å². The lowest BCUT2D eigenvalue weighted by atomic mass is 10.1. The number of carbonyl (C=O) groups is 1. The van der Waals surface area contributed by atoms with Crippen molar-refractivity contribution in [2.75, 3.05) is 18.4 Å². The van der Waals surface area contributed by atoms with Crippen LogP contribution in [0.25, 0.3) is 5.57 Å². The summed E-state index contributed by atoms with van der Waals surface area (Å²) in [6.07, 6.45) is -0.727. The van der Waals surface area contributed by atoms with Gasteiger partial charge in [-0.05, 0) is 35.6 Å². The Balaban J connectivity index is 1.60. The maximum Gasteiger partial charge on any atom is 0.433 e. The van der Waals surface area contributed by atoms with Gasteiger partial charge in [0.1, 0.15) is 5.69 Å². The molecule has 1 aliphatic heterocycles. The first-order valence-corrected chi connectivity index (χ1v) is 8.13. The number of alkyl halides is 3. The molecule has 0 saturated heterocycles. The summed E-state index contributed by atoms with van der Waals surface area (Å²) in [4.78, 5) is 18.3. The standard InChI is InChI=1S/C16H14F3N3OS/c17-16(18,19)14-4-3-12(10-20-14)21-15(23)22-7-5-11(6-8-22)13-2-1-9-24-13/h1-5,9-10H,6-8H2,(H,21,23). The lowest BCUT2D eigenvalue weighted by molar-refractivity contribution is -0.141. The molecule has 3 rings (SSSR count). The van der Waals surface area contributed by atoms with Crippen LogP contribution in [0.4, 0.5) is 23.7 Å². The molecular formula is C16H14F3N3OS. The number of amides is 2. The topological polar surface area (TPSA) is 45.2 Å². The zero-order valence-corrected chi connectivity index (χ0v) is 13.3. The fraction of sp³-hybridized carbons (Fsp3) is 0.250. The van der Waals surface area contributed by atoms with E-state index in [-0.39, 0.29) is 11.7 Å². The molecule has 126 valence electrons. The summed E-state index contributed by atoms with van der Waals surface area (Å²) in [5.74, 6) is 0. The molecule has 2 aromatic rings. The van der Waals surface area contributed by atoms with Gasteiger partial charge in [-0.3, -0.25) is 0 Å². The van der Waals surface area contributed by atoms with Crippen LogP contribution in [0, 0.1) is 0 Å². The number of hydrogen-bond acceptors (Lipinski definition) is 3. The summed E-state index contributed by atoms with van der Waals surface area (Å²) < 4.78 is 37.4. The molecule has 0 aromatic carbocycles. The van der Waals surface area contributed by atoms with Crippen molar-refractivity contribution < 1.29 is 18.0 Å². The number of nitrogens with one attached hydrogen (secondary N) is 1. The van der Waals surface area contributed by atoms with E-state index in [1.54, 1.807) is 16.2 Å². The molecule has 3 heterocycles. The fourth-order valence-electron chi connectivity index (χ4n) is 2.38. The molecule has 8 heteroatoms. The second-order valence-electron chi connectivity index (χ2n) is 5.26. The Morgan fingerprint density at radius 2 is 2.12 bits per heavy atom. The third-order valence-electron chi connectivity index (χ3n) is 3.64. The molecule has 1 aliphatic rings. The minimum absolute atomic E-state index is 0.237. The quantitative estimate of drug-likeness (QED) is 0.865. The SMILES string of the molecule is O=C(Nc1ccc(C(F)(F)F)nc1)N1CC=C(c2cccs2)CC1. The normalized spacial score (nSPS) is 15.1. The molecular weight excluding hydrogens is 339 g/mol. The van der Waals surface area contributed by atoms with Crippen molar-refractivity contribution in [3.8, 4) is 0 Å². The molecule has 4 nitrogen and oxygen atoms in total. The van der Waals surface area contributed by atoms with Crippen molar-refractivity contribution in [2.45, 2.75) is 12.6 Å².